The molecule has 1 unspecified atom stereocenters. The zero-order valence-electron chi connectivity index (χ0n) is 10.7. The zero-order valence-corrected chi connectivity index (χ0v) is 10.7. The summed E-state index contributed by atoms with van der Waals surface area (Å²) in [7, 11) is 0. The van der Waals surface area contributed by atoms with Gasteiger partial charge in [-0.15, -0.1) is 0 Å². The van der Waals surface area contributed by atoms with Gasteiger partial charge in [0.05, 0.1) is 11.7 Å². The second kappa shape index (κ2) is 5.81. The summed E-state index contributed by atoms with van der Waals surface area (Å²) in [6, 6.07) is 6.88. The second-order valence-corrected chi connectivity index (χ2v) is 4.62. The molecule has 2 aromatic rings. The van der Waals surface area contributed by atoms with Crippen molar-refractivity contribution >= 4 is 0 Å². The fraction of sp³-hybridized carbons (Fsp3) is 0.200. The molecule has 2 rings (SSSR count). The Balaban J connectivity index is 2.14. The molecule has 1 N–H and O–H groups in total. The molecular formula is C15H11F5O. The van der Waals surface area contributed by atoms with Gasteiger partial charge in [-0.05, 0) is 35.4 Å². The molecule has 0 aliphatic rings. The SMILES string of the molecule is OC(Cc1ccc(C(F)(F)F)cc1)c1cc(F)cc(F)c1. The number of benzene rings is 2. The summed E-state index contributed by atoms with van der Waals surface area (Å²) in [4.78, 5) is 0. The van der Waals surface area contributed by atoms with Crippen molar-refractivity contribution in [3.05, 3.63) is 70.8 Å². The van der Waals surface area contributed by atoms with Crippen LogP contribution in [0.15, 0.2) is 42.5 Å². The first-order valence-corrected chi connectivity index (χ1v) is 6.06. The highest BCUT2D eigenvalue weighted by Crippen LogP contribution is 2.29. The maximum atomic E-state index is 13.0. The molecule has 0 saturated carbocycles. The standard InChI is InChI=1S/C15H11F5O/c16-12-6-10(7-13(17)8-12)14(21)5-9-1-3-11(4-2-9)15(18,19)20/h1-4,6-8,14,21H,5H2. The van der Waals surface area contributed by atoms with Gasteiger partial charge in [-0.2, -0.15) is 13.2 Å². The average molecular weight is 302 g/mol. The Labute approximate surface area is 117 Å². The summed E-state index contributed by atoms with van der Waals surface area (Å²) in [6.45, 7) is 0. The first-order chi connectivity index (χ1) is 9.75. The van der Waals surface area contributed by atoms with Crippen LogP contribution in [-0.4, -0.2) is 5.11 Å². The van der Waals surface area contributed by atoms with Crippen LogP contribution in [0, 0.1) is 11.6 Å². The lowest BCUT2D eigenvalue weighted by Crippen LogP contribution is -2.06. The van der Waals surface area contributed by atoms with Crippen LogP contribution in [0.25, 0.3) is 0 Å². The number of halogens is 5. The quantitative estimate of drug-likeness (QED) is 0.840. The van der Waals surface area contributed by atoms with E-state index in [1.54, 1.807) is 0 Å². The van der Waals surface area contributed by atoms with Crippen molar-refractivity contribution in [3.63, 3.8) is 0 Å². The highest BCUT2D eigenvalue weighted by Gasteiger charge is 2.30. The van der Waals surface area contributed by atoms with E-state index in [2.05, 4.69) is 0 Å². The van der Waals surface area contributed by atoms with Gasteiger partial charge >= 0.3 is 6.18 Å². The molecule has 1 nitrogen and oxygen atoms in total. The molecule has 0 amide bonds. The minimum Gasteiger partial charge on any atom is -0.388 e. The van der Waals surface area contributed by atoms with Crippen LogP contribution in [0.5, 0.6) is 0 Å². The third-order valence-electron chi connectivity index (χ3n) is 2.98. The first-order valence-electron chi connectivity index (χ1n) is 6.06. The van der Waals surface area contributed by atoms with E-state index < -0.39 is 29.5 Å². The average Bonchev–Trinajstić information content (AvgIpc) is 2.37. The van der Waals surface area contributed by atoms with E-state index in [1.807, 2.05) is 0 Å². The fourth-order valence-electron chi connectivity index (χ4n) is 1.94. The number of alkyl halides is 3. The molecule has 0 aliphatic carbocycles. The number of hydrogen-bond acceptors (Lipinski definition) is 1. The van der Waals surface area contributed by atoms with Gasteiger partial charge < -0.3 is 5.11 Å². The van der Waals surface area contributed by atoms with Crippen LogP contribution >= 0.6 is 0 Å². The number of aliphatic hydroxyl groups excluding tert-OH is 1. The molecular weight excluding hydrogens is 291 g/mol. The van der Waals surface area contributed by atoms with E-state index in [4.69, 9.17) is 0 Å². The van der Waals surface area contributed by atoms with Gasteiger partial charge in [0.1, 0.15) is 11.6 Å². The molecule has 0 saturated heterocycles. The van der Waals surface area contributed by atoms with Gasteiger partial charge in [-0.1, -0.05) is 12.1 Å². The van der Waals surface area contributed by atoms with Gasteiger partial charge in [0.15, 0.2) is 0 Å². The second-order valence-electron chi connectivity index (χ2n) is 4.62. The van der Waals surface area contributed by atoms with Crippen LogP contribution in [0.4, 0.5) is 22.0 Å². The van der Waals surface area contributed by atoms with Crippen molar-refractivity contribution in [3.8, 4) is 0 Å². The van der Waals surface area contributed by atoms with Gasteiger partial charge in [0, 0.05) is 12.5 Å². The molecule has 0 heterocycles. The van der Waals surface area contributed by atoms with Crippen molar-refractivity contribution in [1.29, 1.82) is 0 Å². The summed E-state index contributed by atoms with van der Waals surface area (Å²) in [6.07, 6.45) is -5.67. The molecule has 112 valence electrons. The van der Waals surface area contributed by atoms with E-state index in [-0.39, 0.29) is 12.0 Å². The summed E-state index contributed by atoms with van der Waals surface area (Å²) < 4.78 is 63.3. The summed E-state index contributed by atoms with van der Waals surface area (Å²) in [5, 5.41) is 9.90. The number of aliphatic hydroxyl groups is 1. The molecule has 0 spiro atoms. The zero-order chi connectivity index (χ0) is 15.6. The molecule has 0 fully saturated rings. The van der Waals surface area contributed by atoms with Crippen LogP contribution < -0.4 is 0 Å². The van der Waals surface area contributed by atoms with Crippen molar-refractivity contribution in [2.75, 3.05) is 0 Å². The van der Waals surface area contributed by atoms with Crippen molar-refractivity contribution in [1.82, 2.24) is 0 Å². The Kier molecular flexibility index (Phi) is 4.27. The molecule has 21 heavy (non-hydrogen) atoms. The van der Waals surface area contributed by atoms with Crippen LogP contribution in [0.3, 0.4) is 0 Å². The van der Waals surface area contributed by atoms with Crippen LogP contribution in [-0.2, 0) is 12.6 Å². The Morgan fingerprint density at radius 3 is 1.90 bits per heavy atom. The molecule has 2 aromatic carbocycles. The molecule has 0 bridgehead atoms. The number of hydrogen-bond donors (Lipinski definition) is 1. The monoisotopic (exact) mass is 302 g/mol. The maximum Gasteiger partial charge on any atom is 0.416 e. The van der Waals surface area contributed by atoms with E-state index in [1.165, 1.54) is 12.1 Å². The lowest BCUT2D eigenvalue weighted by molar-refractivity contribution is -0.137. The van der Waals surface area contributed by atoms with E-state index in [9.17, 15) is 27.1 Å². The Bertz CT molecular complexity index is 599. The predicted octanol–water partition coefficient (Wildman–Crippen LogP) is 4.26. The Hall–Kier alpha value is -1.95. The summed E-state index contributed by atoms with van der Waals surface area (Å²) in [5.74, 6) is -1.65. The van der Waals surface area contributed by atoms with Crippen LogP contribution in [0.1, 0.15) is 22.8 Å². The van der Waals surface area contributed by atoms with E-state index in [0.29, 0.717) is 11.6 Å². The van der Waals surface area contributed by atoms with E-state index >= 15 is 0 Å². The minimum atomic E-state index is -4.43. The smallest absolute Gasteiger partial charge is 0.388 e. The third kappa shape index (κ3) is 4.01. The minimum absolute atomic E-state index is 0.0346. The normalized spacial score (nSPS) is 13.2. The lowest BCUT2D eigenvalue weighted by Gasteiger charge is -2.12. The topological polar surface area (TPSA) is 20.2 Å². The van der Waals surface area contributed by atoms with Crippen molar-refractivity contribution in [2.24, 2.45) is 0 Å². The molecule has 0 aromatic heterocycles. The highest BCUT2D eigenvalue weighted by atomic mass is 19.4. The highest BCUT2D eigenvalue weighted by molar-refractivity contribution is 5.27. The largest absolute Gasteiger partial charge is 0.416 e. The van der Waals surface area contributed by atoms with Gasteiger partial charge in [-0.3, -0.25) is 0 Å². The fourth-order valence-corrected chi connectivity index (χ4v) is 1.94. The summed E-state index contributed by atoms with van der Waals surface area (Å²) >= 11 is 0. The predicted molar refractivity (Wildman–Crippen MR) is 66.5 cm³/mol. The molecule has 0 radical (unpaired) electrons. The molecule has 0 aliphatic heterocycles. The molecule has 1 atom stereocenters. The van der Waals surface area contributed by atoms with Gasteiger partial charge in [-0.25, -0.2) is 8.78 Å². The molecule has 6 heteroatoms. The lowest BCUT2D eigenvalue weighted by atomic mass is 10.0. The van der Waals surface area contributed by atoms with E-state index in [0.717, 1.165) is 24.3 Å². The first kappa shape index (κ1) is 15.4. The van der Waals surface area contributed by atoms with Gasteiger partial charge in [0.2, 0.25) is 0 Å². The number of rotatable bonds is 3. The Morgan fingerprint density at radius 1 is 0.905 bits per heavy atom. The Morgan fingerprint density at radius 2 is 1.43 bits per heavy atom. The third-order valence-corrected chi connectivity index (χ3v) is 2.98. The van der Waals surface area contributed by atoms with Crippen molar-refractivity contribution in [2.45, 2.75) is 18.7 Å². The van der Waals surface area contributed by atoms with Crippen LogP contribution in [0.2, 0.25) is 0 Å². The van der Waals surface area contributed by atoms with Gasteiger partial charge in [0.25, 0.3) is 0 Å². The van der Waals surface area contributed by atoms with Crippen molar-refractivity contribution < 1.29 is 27.1 Å². The maximum absolute atomic E-state index is 13.0. The summed E-state index contributed by atoms with van der Waals surface area (Å²) in [5.41, 5.74) is -0.329.